The Bertz CT molecular complexity index is 382. The van der Waals surface area contributed by atoms with Gasteiger partial charge in [-0.3, -0.25) is 0 Å². The van der Waals surface area contributed by atoms with Crippen LogP contribution in [0.3, 0.4) is 0 Å². The summed E-state index contributed by atoms with van der Waals surface area (Å²) in [6.07, 6.45) is 2.60. The van der Waals surface area contributed by atoms with Crippen molar-refractivity contribution in [3.8, 4) is 0 Å². The lowest BCUT2D eigenvalue weighted by atomic mass is 10.3. The molecule has 1 aliphatic carbocycles. The maximum Gasteiger partial charge on any atom is 0.139 e. The lowest BCUT2D eigenvalue weighted by molar-refractivity contribution is 0.0763. The highest BCUT2D eigenvalue weighted by atomic mass is 79.9. The summed E-state index contributed by atoms with van der Waals surface area (Å²) in [5.74, 6) is 0.717. The average molecular weight is 317 g/mol. The molecule has 2 rings (SSSR count). The van der Waals surface area contributed by atoms with Crippen molar-refractivity contribution in [2.24, 2.45) is 0 Å². The molecule has 0 bridgehead atoms. The van der Waals surface area contributed by atoms with Crippen LogP contribution in [0.2, 0.25) is 25.7 Å². The van der Waals surface area contributed by atoms with Gasteiger partial charge in [0.25, 0.3) is 0 Å². The zero-order valence-corrected chi connectivity index (χ0v) is 13.5. The van der Waals surface area contributed by atoms with Gasteiger partial charge in [0, 0.05) is 26.3 Å². The number of hydrogen-bond acceptors (Lipinski definition) is 2. The summed E-state index contributed by atoms with van der Waals surface area (Å²) in [4.78, 5) is 0. The van der Waals surface area contributed by atoms with Gasteiger partial charge >= 0.3 is 0 Å². The third kappa shape index (κ3) is 4.23. The van der Waals surface area contributed by atoms with Gasteiger partial charge in [-0.05, 0) is 40.9 Å². The number of aromatic nitrogens is 2. The fourth-order valence-electron chi connectivity index (χ4n) is 1.74. The Balaban J connectivity index is 1.82. The van der Waals surface area contributed by atoms with Crippen molar-refractivity contribution < 1.29 is 4.74 Å². The van der Waals surface area contributed by atoms with E-state index in [1.807, 2.05) is 4.68 Å². The number of hydrogen-bond donors (Lipinski definition) is 0. The van der Waals surface area contributed by atoms with Crippen molar-refractivity contribution in [3.63, 3.8) is 0 Å². The number of halogens is 1. The first-order valence-corrected chi connectivity index (χ1v) is 10.8. The summed E-state index contributed by atoms with van der Waals surface area (Å²) in [6.45, 7) is 8.57. The molecule has 3 nitrogen and oxygen atoms in total. The van der Waals surface area contributed by atoms with E-state index in [0.29, 0.717) is 6.73 Å². The van der Waals surface area contributed by atoms with E-state index in [4.69, 9.17) is 4.74 Å². The van der Waals surface area contributed by atoms with E-state index in [0.717, 1.165) is 17.1 Å². The Kier molecular flexibility index (Phi) is 4.10. The molecule has 1 aliphatic rings. The number of rotatable bonds is 6. The Morgan fingerprint density at radius 2 is 2.18 bits per heavy atom. The van der Waals surface area contributed by atoms with Crippen molar-refractivity contribution in [2.75, 3.05) is 6.61 Å². The maximum absolute atomic E-state index is 5.74. The first kappa shape index (κ1) is 13.3. The van der Waals surface area contributed by atoms with E-state index >= 15 is 0 Å². The predicted molar refractivity (Wildman–Crippen MR) is 76.0 cm³/mol. The quantitative estimate of drug-likeness (QED) is 0.589. The summed E-state index contributed by atoms with van der Waals surface area (Å²) in [5.41, 5.74) is 1.32. The molecule has 0 aromatic carbocycles. The Hall–Kier alpha value is -0.133. The first-order chi connectivity index (χ1) is 7.96. The third-order valence-electron chi connectivity index (χ3n) is 2.99. The van der Waals surface area contributed by atoms with Crippen molar-refractivity contribution in [1.29, 1.82) is 0 Å². The number of nitrogens with zero attached hydrogens (tertiary/aromatic N) is 2. The summed E-state index contributed by atoms with van der Waals surface area (Å²) >= 11 is 3.44. The molecule has 0 N–H and O–H groups in total. The Morgan fingerprint density at radius 1 is 1.47 bits per heavy atom. The maximum atomic E-state index is 5.74. The molecule has 0 saturated heterocycles. The molecule has 0 unspecified atom stereocenters. The van der Waals surface area contributed by atoms with Crippen LogP contribution in [0.15, 0.2) is 10.7 Å². The van der Waals surface area contributed by atoms with Crippen molar-refractivity contribution >= 4 is 24.0 Å². The molecule has 0 radical (unpaired) electrons. The largest absolute Gasteiger partial charge is 0.360 e. The van der Waals surface area contributed by atoms with Crippen molar-refractivity contribution in [1.82, 2.24) is 9.78 Å². The highest BCUT2D eigenvalue weighted by molar-refractivity contribution is 9.10. The van der Waals surface area contributed by atoms with Gasteiger partial charge in [-0.1, -0.05) is 19.6 Å². The smallest absolute Gasteiger partial charge is 0.139 e. The number of ether oxygens (including phenoxy) is 1. The predicted octanol–water partition coefficient (Wildman–Crippen LogP) is 3.84. The third-order valence-corrected chi connectivity index (χ3v) is 5.08. The minimum absolute atomic E-state index is 0.599. The lowest BCUT2D eigenvalue weighted by Gasteiger charge is -2.15. The van der Waals surface area contributed by atoms with Crippen LogP contribution in [-0.2, 0) is 11.5 Å². The van der Waals surface area contributed by atoms with Gasteiger partial charge in [-0.15, -0.1) is 0 Å². The first-order valence-electron chi connectivity index (χ1n) is 6.27. The second-order valence-electron chi connectivity index (χ2n) is 6.01. The van der Waals surface area contributed by atoms with Gasteiger partial charge in [0.1, 0.15) is 11.3 Å². The summed E-state index contributed by atoms with van der Waals surface area (Å²) in [5, 5.41) is 4.43. The van der Waals surface area contributed by atoms with Gasteiger partial charge in [0.15, 0.2) is 0 Å². The van der Waals surface area contributed by atoms with Crippen molar-refractivity contribution in [3.05, 3.63) is 16.4 Å². The molecule has 1 aromatic heterocycles. The highest BCUT2D eigenvalue weighted by Crippen LogP contribution is 2.40. The van der Waals surface area contributed by atoms with Crippen LogP contribution in [-0.4, -0.2) is 24.5 Å². The zero-order valence-electron chi connectivity index (χ0n) is 10.9. The van der Waals surface area contributed by atoms with Crippen molar-refractivity contribution in [2.45, 2.75) is 51.2 Å². The van der Waals surface area contributed by atoms with E-state index < -0.39 is 8.07 Å². The summed E-state index contributed by atoms with van der Waals surface area (Å²) in [7, 11) is -0.977. The standard InChI is InChI=1S/C12H21BrN2OSi/c1-17(2,3)7-6-16-9-15-11(10-4-5-10)8-12(13)14-15/h8,10H,4-7,9H2,1-3H3. The van der Waals surface area contributed by atoms with Crippen LogP contribution in [0.5, 0.6) is 0 Å². The molecular formula is C12H21BrN2OSi. The van der Waals surface area contributed by atoms with Gasteiger partial charge in [0.2, 0.25) is 0 Å². The SMILES string of the molecule is C[Si](C)(C)CCOCn1nc(Br)cc1C1CC1. The van der Waals surface area contributed by atoms with E-state index in [9.17, 15) is 0 Å². The molecule has 0 atom stereocenters. The molecule has 17 heavy (non-hydrogen) atoms. The molecule has 1 saturated carbocycles. The highest BCUT2D eigenvalue weighted by Gasteiger charge is 2.27. The van der Waals surface area contributed by atoms with Gasteiger partial charge in [0.05, 0.1) is 0 Å². The van der Waals surface area contributed by atoms with E-state index in [-0.39, 0.29) is 0 Å². The molecule has 0 aliphatic heterocycles. The molecule has 96 valence electrons. The van der Waals surface area contributed by atoms with Crippen LogP contribution in [0.25, 0.3) is 0 Å². The Labute approximate surface area is 113 Å². The lowest BCUT2D eigenvalue weighted by Crippen LogP contribution is -2.22. The van der Waals surface area contributed by atoms with Crippen LogP contribution < -0.4 is 0 Å². The summed E-state index contributed by atoms with van der Waals surface area (Å²) < 4.78 is 8.67. The second kappa shape index (κ2) is 5.24. The molecular weight excluding hydrogens is 296 g/mol. The van der Waals surface area contributed by atoms with E-state index in [1.165, 1.54) is 24.6 Å². The van der Waals surface area contributed by atoms with Gasteiger partial charge in [-0.2, -0.15) is 5.10 Å². The van der Waals surface area contributed by atoms with Crippen LogP contribution in [0, 0.1) is 0 Å². The van der Waals surface area contributed by atoms with E-state index in [1.54, 1.807) is 0 Å². The minimum Gasteiger partial charge on any atom is -0.360 e. The average Bonchev–Trinajstić information content (AvgIpc) is 2.97. The Morgan fingerprint density at radius 3 is 2.76 bits per heavy atom. The fraction of sp³-hybridized carbons (Fsp3) is 0.750. The van der Waals surface area contributed by atoms with E-state index in [2.05, 4.69) is 46.7 Å². The van der Waals surface area contributed by atoms with Crippen LogP contribution >= 0.6 is 15.9 Å². The zero-order chi connectivity index (χ0) is 12.5. The molecule has 5 heteroatoms. The fourth-order valence-corrected chi connectivity index (χ4v) is 2.92. The molecule has 1 heterocycles. The van der Waals surface area contributed by atoms with Gasteiger partial charge < -0.3 is 4.74 Å². The molecule has 0 amide bonds. The van der Waals surface area contributed by atoms with Crippen LogP contribution in [0.4, 0.5) is 0 Å². The van der Waals surface area contributed by atoms with Crippen LogP contribution in [0.1, 0.15) is 24.5 Å². The van der Waals surface area contributed by atoms with Gasteiger partial charge in [-0.25, -0.2) is 4.68 Å². The summed E-state index contributed by atoms with van der Waals surface area (Å²) in [6, 6.07) is 3.34. The molecule has 1 fully saturated rings. The minimum atomic E-state index is -0.977. The second-order valence-corrected chi connectivity index (χ2v) is 12.4. The topological polar surface area (TPSA) is 27.1 Å². The normalized spacial score (nSPS) is 16.5. The molecule has 0 spiro atoms. The molecule has 1 aromatic rings. The monoisotopic (exact) mass is 316 g/mol.